The highest BCUT2D eigenvalue weighted by Gasteiger charge is 2.41. The van der Waals surface area contributed by atoms with Crippen LogP contribution in [0.1, 0.15) is 30.4 Å². The van der Waals surface area contributed by atoms with Gasteiger partial charge in [-0.3, -0.25) is 0 Å². The highest BCUT2D eigenvalue weighted by molar-refractivity contribution is 7.08. The summed E-state index contributed by atoms with van der Waals surface area (Å²) < 4.78 is 38.6. The van der Waals surface area contributed by atoms with Crippen molar-refractivity contribution in [3.05, 3.63) is 21.9 Å². The van der Waals surface area contributed by atoms with Crippen LogP contribution < -0.4 is 0 Å². The first-order valence-electron chi connectivity index (χ1n) is 5.88. The van der Waals surface area contributed by atoms with Crippen molar-refractivity contribution in [2.24, 2.45) is 0 Å². The molecule has 0 bridgehead atoms. The number of aliphatic hydroxyl groups is 1. The SMILES string of the molecule is CN1CCCC(O)(c2cscc2C(F)(F)F)CC1. The summed E-state index contributed by atoms with van der Waals surface area (Å²) in [7, 11) is 1.92. The molecule has 0 amide bonds. The van der Waals surface area contributed by atoms with Crippen LogP contribution in [0.3, 0.4) is 0 Å². The van der Waals surface area contributed by atoms with Gasteiger partial charge >= 0.3 is 6.18 Å². The van der Waals surface area contributed by atoms with E-state index in [1.165, 1.54) is 5.38 Å². The molecule has 1 aliphatic rings. The maximum absolute atomic E-state index is 12.9. The second-order valence-corrected chi connectivity index (χ2v) is 5.63. The summed E-state index contributed by atoms with van der Waals surface area (Å²) in [5.74, 6) is 0. The van der Waals surface area contributed by atoms with E-state index in [4.69, 9.17) is 0 Å². The first kappa shape index (κ1) is 13.8. The number of halogens is 3. The number of rotatable bonds is 1. The molecule has 1 aromatic rings. The minimum atomic E-state index is -4.39. The molecule has 0 aromatic carbocycles. The topological polar surface area (TPSA) is 23.5 Å². The molecule has 6 heteroatoms. The minimum Gasteiger partial charge on any atom is -0.385 e. The van der Waals surface area contributed by atoms with E-state index in [1.54, 1.807) is 0 Å². The van der Waals surface area contributed by atoms with Crippen molar-refractivity contribution in [2.45, 2.75) is 31.0 Å². The molecular formula is C12H16F3NOS. The Morgan fingerprint density at radius 3 is 2.67 bits per heavy atom. The van der Waals surface area contributed by atoms with E-state index in [-0.39, 0.29) is 5.56 Å². The van der Waals surface area contributed by atoms with Gasteiger partial charge in [0.2, 0.25) is 0 Å². The molecule has 1 aliphatic heterocycles. The van der Waals surface area contributed by atoms with Gasteiger partial charge in [-0.1, -0.05) is 0 Å². The molecule has 0 aliphatic carbocycles. The number of likely N-dealkylation sites (tertiary alicyclic amines) is 1. The van der Waals surface area contributed by atoms with Crippen LogP contribution in [0, 0.1) is 0 Å². The normalized spacial score (nSPS) is 27.2. The van der Waals surface area contributed by atoms with Crippen LogP contribution in [-0.2, 0) is 11.8 Å². The average molecular weight is 279 g/mol. The van der Waals surface area contributed by atoms with Crippen LogP contribution in [0.5, 0.6) is 0 Å². The average Bonchev–Trinajstić information content (AvgIpc) is 2.70. The Labute approximate surface area is 108 Å². The maximum atomic E-state index is 12.9. The zero-order chi connectivity index (χ0) is 13.4. The van der Waals surface area contributed by atoms with Gasteiger partial charge in [0.1, 0.15) is 0 Å². The molecule has 1 atom stereocenters. The molecule has 2 heterocycles. The Bertz CT molecular complexity index is 418. The predicted octanol–water partition coefficient (Wildman–Crippen LogP) is 3.07. The smallest absolute Gasteiger partial charge is 0.385 e. The third-order valence-electron chi connectivity index (χ3n) is 3.51. The minimum absolute atomic E-state index is 0.0512. The fourth-order valence-electron chi connectivity index (χ4n) is 2.40. The Morgan fingerprint density at radius 2 is 2.00 bits per heavy atom. The summed E-state index contributed by atoms with van der Waals surface area (Å²) in [6.45, 7) is 1.43. The fourth-order valence-corrected chi connectivity index (χ4v) is 3.35. The first-order valence-corrected chi connectivity index (χ1v) is 6.82. The van der Waals surface area contributed by atoms with E-state index in [0.717, 1.165) is 23.3 Å². The second kappa shape index (κ2) is 4.83. The third kappa shape index (κ3) is 2.70. The zero-order valence-corrected chi connectivity index (χ0v) is 10.9. The number of alkyl halides is 3. The summed E-state index contributed by atoms with van der Waals surface area (Å²) in [6.07, 6.45) is -2.94. The van der Waals surface area contributed by atoms with Crippen LogP contribution in [0.25, 0.3) is 0 Å². The van der Waals surface area contributed by atoms with Crippen LogP contribution >= 0.6 is 11.3 Å². The number of nitrogens with zero attached hydrogens (tertiary/aromatic N) is 1. The van der Waals surface area contributed by atoms with Gasteiger partial charge in [0.15, 0.2) is 0 Å². The molecule has 1 unspecified atom stereocenters. The van der Waals surface area contributed by atoms with Gasteiger partial charge in [0, 0.05) is 17.5 Å². The van der Waals surface area contributed by atoms with Crippen molar-refractivity contribution < 1.29 is 18.3 Å². The van der Waals surface area contributed by atoms with Gasteiger partial charge in [-0.15, -0.1) is 0 Å². The molecule has 0 saturated carbocycles. The zero-order valence-electron chi connectivity index (χ0n) is 10.1. The van der Waals surface area contributed by atoms with Gasteiger partial charge < -0.3 is 10.0 Å². The summed E-state index contributed by atoms with van der Waals surface area (Å²) in [5, 5.41) is 13.1. The summed E-state index contributed by atoms with van der Waals surface area (Å²) >= 11 is 0.999. The Kier molecular flexibility index (Phi) is 3.71. The highest BCUT2D eigenvalue weighted by Crippen LogP contribution is 2.42. The van der Waals surface area contributed by atoms with Crippen molar-refractivity contribution in [1.82, 2.24) is 4.90 Å². The standard InChI is InChI=1S/C12H16F3NOS/c1-16-5-2-3-11(17,4-6-16)9-7-18-8-10(9)12(13,14)15/h7-8,17H,2-6H2,1H3. The highest BCUT2D eigenvalue weighted by atomic mass is 32.1. The summed E-state index contributed by atoms with van der Waals surface area (Å²) in [6, 6.07) is 0. The Hall–Kier alpha value is -0.590. The van der Waals surface area contributed by atoms with Crippen molar-refractivity contribution >= 4 is 11.3 Å². The Morgan fingerprint density at radius 1 is 1.28 bits per heavy atom. The van der Waals surface area contributed by atoms with Crippen LogP contribution in [0.15, 0.2) is 10.8 Å². The lowest BCUT2D eigenvalue weighted by molar-refractivity contribution is -0.140. The molecule has 0 spiro atoms. The molecule has 1 fully saturated rings. The van der Waals surface area contributed by atoms with E-state index in [1.807, 2.05) is 11.9 Å². The van der Waals surface area contributed by atoms with Crippen molar-refractivity contribution in [1.29, 1.82) is 0 Å². The maximum Gasteiger partial charge on any atom is 0.417 e. The molecule has 2 rings (SSSR count). The van der Waals surface area contributed by atoms with Gasteiger partial charge in [0.05, 0.1) is 11.2 Å². The number of hydrogen-bond acceptors (Lipinski definition) is 3. The Balaban J connectivity index is 2.32. The van der Waals surface area contributed by atoms with Crippen LogP contribution in [0.2, 0.25) is 0 Å². The number of thiophene rings is 1. The van der Waals surface area contributed by atoms with Crippen molar-refractivity contribution in [3.63, 3.8) is 0 Å². The largest absolute Gasteiger partial charge is 0.417 e. The summed E-state index contributed by atoms with van der Waals surface area (Å²) in [4.78, 5) is 2.04. The first-order chi connectivity index (χ1) is 8.33. The summed E-state index contributed by atoms with van der Waals surface area (Å²) in [5.41, 5.74) is -1.97. The van der Waals surface area contributed by atoms with E-state index in [0.29, 0.717) is 25.8 Å². The molecule has 2 nitrogen and oxygen atoms in total. The fraction of sp³-hybridized carbons (Fsp3) is 0.667. The van der Waals surface area contributed by atoms with Gasteiger partial charge in [-0.05, 0) is 38.2 Å². The molecular weight excluding hydrogens is 263 g/mol. The quantitative estimate of drug-likeness (QED) is 0.854. The van der Waals surface area contributed by atoms with Crippen molar-refractivity contribution in [3.8, 4) is 0 Å². The molecule has 18 heavy (non-hydrogen) atoms. The number of hydrogen-bond donors (Lipinski definition) is 1. The van der Waals surface area contributed by atoms with E-state index in [9.17, 15) is 18.3 Å². The lowest BCUT2D eigenvalue weighted by atomic mass is 9.86. The van der Waals surface area contributed by atoms with Crippen LogP contribution in [-0.4, -0.2) is 30.1 Å². The monoisotopic (exact) mass is 279 g/mol. The molecule has 102 valence electrons. The molecule has 0 radical (unpaired) electrons. The second-order valence-electron chi connectivity index (χ2n) is 4.89. The molecule has 1 aromatic heterocycles. The van der Waals surface area contributed by atoms with Gasteiger partial charge in [-0.25, -0.2) is 0 Å². The van der Waals surface area contributed by atoms with Crippen LogP contribution in [0.4, 0.5) is 13.2 Å². The molecule has 1 saturated heterocycles. The lowest BCUT2D eigenvalue weighted by Gasteiger charge is -2.28. The predicted molar refractivity (Wildman–Crippen MR) is 64.6 cm³/mol. The third-order valence-corrected chi connectivity index (χ3v) is 4.25. The molecule has 1 N–H and O–H groups in total. The van der Waals surface area contributed by atoms with Crippen molar-refractivity contribution in [2.75, 3.05) is 20.1 Å². The van der Waals surface area contributed by atoms with E-state index in [2.05, 4.69) is 0 Å². The van der Waals surface area contributed by atoms with E-state index >= 15 is 0 Å². The lowest BCUT2D eigenvalue weighted by Crippen LogP contribution is -2.29. The van der Waals surface area contributed by atoms with Gasteiger partial charge in [0.25, 0.3) is 0 Å². The van der Waals surface area contributed by atoms with Gasteiger partial charge in [-0.2, -0.15) is 24.5 Å². The van der Waals surface area contributed by atoms with E-state index < -0.39 is 17.3 Å².